The molecule has 3 aromatic rings. The van der Waals surface area contributed by atoms with E-state index in [1.807, 2.05) is 44.2 Å². The van der Waals surface area contributed by atoms with Crippen LogP contribution in [0.5, 0.6) is 0 Å². The highest BCUT2D eigenvalue weighted by molar-refractivity contribution is 5.37. The largest absolute Gasteiger partial charge is 0.392 e. The van der Waals surface area contributed by atoms with Crippen LogP contribution in [0.3, 0.4) is 0 Å². The molecule has 1 aromatic carbocycles. The first-order valence-corrected chi connectivity index (χ1v) is 7.94. The van der Waals surface area contributed by atoms with Crippen molar-refractivity contribution in [3.63, 3.8) is 0 Å². The number of nitrogens with zero attached hydrogens (tertiary/aromatic N) is 4. The van der Waals surface area contributed by atoms with Gasteiger partial charge in [-0.25, -0.2) is 9.67 Å². The van der Waals surface area contributed by atoms with Crippen LogP contribution < -0.4 is 5.32 Å². The number of aryl methyl sites for hydroxylation is 2. The first kappa shape index (κ1) is 16.1. The molecule has 0 bridgehead atoms. The van der Waals surface area contributed by atoms with E-state index in [0.717, 1.165) is 35.7 Å². The van der Waals surface area contributed by atoms with Gasteiger partial charge >= 0.3 is 0 Å². The summed E-state index contributed by atoms with van der Waals surface area (Å²) in [4.78, 5) is 8.82. The highest BCUT2D eigenvalue weighted by atomic mass is 16.3. The van der Waals surface area contributed by atoms with Gasteiger partial charge in [0.05, 0.1) is 24.7 Å². The smallest absolute Gasteiger partial charge is 0.174 e. The number of benzene rings is 1. The predicted octanol–water partition coefficient (Wildman–Crippen LogP) is 2.43. The second-order valence-corrected chi connectivity index (χ2v) is 5.75. The Balaban J connectivity index is 1.63. The van der Waals surface area contributed by atoms with Crippen molar-refractivity contribution in [3.05, 3.63) is 65.2 Å². The van der Waals surface area contributed by atoms with Crippen LogP contribution in [-0.2, 0) is 13.0 Å². The quantitative estimate of drug-likeness (QED) is 0.728. The van der Waals surface area contributed by atoms with Crippen molar-refractivity contribution in [3.8, 4) is 5.82 Å². The van der Waals surface area contributed by atoms with E-state index < -0.39 is 0 Å². The molecule has 3 rings (SSSR count). The first-order valence-electron chi connectivity index (χ1n) is 7.94. The van der Waals surface area contributed by atoms with E-state index in [1.165, 1.54) is 5.56 Å². The number of hydrogen-bond acceptors (Lipinski definition) is 5. The van der Waals surface area contributed by atoms with E-state index in [-0.39, 0.29) is 6.61 Å². The molecule has 0 aliphatic carbocycles. The molecular formula is C18H21N5O. The molecule has 0 saturated heterocycles. The van der Waals surface area contributed by atoms with Crippen molar-refractivity contribution in [2.24, 2.45) is 0 Å². The van der Waals surface area contributed by atoms with Crippen molar-refractivity contribution in [1.82, 2.24) is 19.7 Å². The number of rotatable bonds is 6. The summed E-state index contributed by atoms with van der Waals surface area (Å²) < 4.78 is 1.79. The van der Waals surface area contributed by atoms with Crippen molar-refractivity contribution >= 4 is 5.82 Å². The summed E-state index contributed by atoms with van der Waals surface area (Å²) in [6.07, 6.45) is 4.29. The number of aliphatic hydroxyl groups excluding tert-OH is 1. The third kappa shape index (κ3) is 3.78. The van der Waals surface area contributed by atoms with Crippen LogP contribution in [0.1, 0.15) is 22.5 Å². The number of hydrogen-bond donors (Lipinski definition) is 2. The number of aliphatic hydroxyl groups is 1. The average molecular weight is 323 g/mol. The van der Waals surface area contributed by atoms with Gasteiger partial charge in [-0.3, -0.25) is 4.98 Å². The maximum absolute atomic E-state index is 9.06. The molecule has 24 heavy (non-hydrogen) atoms. The second kappa shape index (κ2) is 7.23. The van der Waals surface area contributed by atoms with Gasteiger partial charge in [0.2, 0.25) is 0 Å². The number of anilines is 1. The van der Waals surface area contributed by atoms with E-state index in [9.17, 15) is 0 Å². The second-order valence-electron chi connectivity index (χ2n) is 5.75. The van der Waals surface area contributed by atoms with Gasteiger partial charge in [-0.05, 0) is 37.5 Å². The van der Waals surface area contributed by atoms with Gasteiger partial charge in [-0.2, -0.15) is 5.10 Å². The maximum atomic E-state index is 9.06. The van der Waals surface area contributed by atoms with E-state index in [4.69, 9.17) is 5.11 Å². The Morgan fingerprint density at radius 3 is 2.50 bits per heavy atom. The minimum Gasteiger partial charge on any atom is -0.392 e. The zero-order chi connectivity index (χ0) is 16.9. The minimum absolute atomic E-state index is 0.0766. The van der Waals surface area contributed by atoms with Gasteiger partial charge in [0, 0.05) is 12.2 Å². The molecule has 0 spiro atoms. The molecular weight excluding hydrogens is 302 g/mol. The van der Waals surface area contributed by atoms with E-state index in [2.05, 4.69) is 20.4 Å². The van der Waals surface area contributed by atoms with Crippen molar-refractivity contribution in [2.45, 2.75) is 26.9 Å². The molecule has 2 aromatic heterocycles. The molecule has 124 valence electrons. The molecule has 2 heterocycles. The Morgan fingerprint density at radius 2 is 1.83 bits per heavy atom. The van der Waals surface area contributed by atoms with Gasteiger partial charge < -0.3 is 10.4 Å². The molecule has 0 aliphatic heterocycles. The zero-order valence-corrected chi connectivity index (χ0v) is 13.9. The summed E-state index contributed by atoms with van der Waals surface area (Å²) in [5.74, 6) is 1.44. The van der Waals surface area contributed by atoms with Crippen molar-refractivity contribution < 1.29 is 5.11 Å². The van der Waals surface area contributed by atoms with Crippen LogP contribution in [0.25, 0.3) is 5.82 Å². The Morgan fingerprint density at radius 1 is 1.08 bits per heavy atom. The third-order valence-corrected chi connectivity index (χ3v) is 3.77. The molecule has 0 unspecified atom stereocenters. The Kier molecular flexibility index (Phi) is 4.86. The van der Waals surface area contributed by atoms with Crippen LogP contribution in [0.4, 0.5) is 5.82 Å². The monoisotopic (exact) mass is 323 g/mol. The van der Waals surface area contributed by atoms with Gasteiger partial charge in [-0.1, -0.05) is 24.3 Å². The highest BCUT2D eigenvalue weighted by Crippen LogP contribution is 2.11. The highest BCUT2D eigenvalue weighted by Gasteiger charge is 2.06. The lowest BCUT2D eigenvalue weighted by Crippen LogP contribution is -2.09. The standard InChI is InChI=1S/C18H21N5O/c1-13-9-14(2)23(22-13)18-11-19-10-17(21-18)20-8-7-15-3-5-16(12-24)6-4-15/h3-6,9-11,24H,7-8,12H2,1-2H3,(H,20,21). The Bertz CT molecular complexity index is 811. The van der Waals surface area contributed by atoms with Gasteiger partial charge in [0.15, 0.2) is 5.82 Å². The molecule has 0 radical (unpaired) electrons. The number of nitrogens with one attached hydrogen (secondary N) is 1. The molecule has 0 saturated carbocycles. The molecule has 0 fully saturated rings. The van der Waals surface area contributed by atoms with Crippen LogP contribution in [0.2, 0.25) is 0 Å². The lowest BCUT2D eigenvalue weighted by atomic mass is 10.1. The van der Waals surface area contributed by atoms with Crippen LogP contribution in [0.15, 0.2) is 42.7 Å². The predicted molar refractivity (Wildman–Crippen MR) is 93.2 cm³/mol. The van der Waals surface area contributed by atoms with Gasteiger partial charge in [-0.15, -0.1) is 0 Å². The molecule has 0 atom stereocenters. The fourth-order valence-corrected chi connectivity index (χ4v) is 2.55. The first-order chi connectivity index (χ1) is 11.7. The van der Waals surface area contributed by atoms with Gasteiger partial charge in [0.1, 0.15) is 5.82 Å². The normalized spacial score (nSPS) is 10.8. The average Bonchev–Trinajstić information content (AvgIpc) is 2.94. The van der Waals surface area contributed by atoms with E-state index in [1.54, 1.807) is 17.1 Å². The molecule has 6 heteroatoms. The van der Waals surface area contributed by atoms with E-state index >= 15 is 0 Å². The zero-order valence-electron chi connectivity index (χ0n) is 13.9. The molecule has 6 nitrogen and oxygen atoms in total. The SMILES string of the molecule is Cc1cc(C)n(-c2cncc(NCCc3ccc(CO)cc3)n2)n1. The fourth-order valence-electron chi connectivity index (χ4n) is 2.55. The summed E-state index contributed by atoms with van der Waals surface area (Å²) in [5.41, 5.74) is 4.12. The minimum atomic E-state index is 0.0766. The van der Waals surface area contributed by atoms with Crippen molar-refractivity contribution in [1.29, 1.82) is 0 Å². The Hall–Kier alpha value is -2.73. The molecule has 0 aliphatic rings. The summed E-state index contributed by atoms with van der Waals surface area (Å²) in [6, 6.07) is 9.96. The fraction of sp³-hybridized carbons (Fsp3) is 0.278. The van der Waals surface area contributed by atoms with Crippen LogP contribution in [-0.4, -0.2) is 31.4 Å². The maximum Gasteiger partial charge on any atom is 0.174 e. The lowest BCUT2D eigenvalue weighted by molar-refractivity contribution is 0.282. The molecule has 0 amide bonds. The Labute approximate surface area is 141 Å². The van der Waals surface area contributed by atoms with Crippen LogP contribution in [0, 0.1) is 13.8 Å². The summed E-state index contributed by atoms with van der Waals surface area (Å²) in [5, 5.41) is 16.8. The topological polar surface area (TPSA) is 75.9 Å². The third-order valence-electron chi connectivity index (χ3n) is 3.77. The van der Waals surface area contributed by atoms with E-state index in [0.29, 0.717) is 5.82 Å². The summed E-state index contributed by atoms with van der Waals surface area (Å²) >= 11 is 0. The lowest BCUT2D eigenvalue weighted by Gasteiger charge is -2.08. The van der Waals surface area contributed by atoms with Crippen molar-refractivity contribution in [2.75, 3.05) is 11.9 Å². The number of aromatic nitrogens is 4. The van der Waals surface area contributed by atoms with Gasteiger partial charge in [0.25, 0.3) is 0 Å². The molecule has 2 N–H and O–H groups in total. The summed E-state index contributed by atoms with van der Waals surface area (Å²) in [6.45, 7) is 4.79. The van der Waals surface area contributed by atoms with Crippen LogP contribution >= 0.6 is 0 Å². The summed E-state index contributed by atoms with van der Waals surface area (Å²) in [7, 11) is 0.